The predicted octanol–water partition coefficient (Wildman–Crippen LogP) is 6.36. The number of rotatable bonds is 6. The Morgan fingerprint density at radius 1 is 0.953 bits per heavy atom. The van der Waals surface area contributed by atoms with Gasteiger partial charge in [0.1, 0.15) is 17.1 Å². The van der Waals surface area contributed by atoms with Crippen LogP contribution in [0.25, 0.3) is 27.8 Å². The van der Waals surface area contributed by atoms with E-state index in [9.17, 15) is 14.0 Å². The number of ether oxygens (including phenoxy) is 1. The molecule has 0 radical (unpaired) electrons. The summed E-state index contributed by atoms with van der Waals surface area (Å²) in [5.74, 6) is -1.54. The van der Waals surface area contributed by atoms with E-state index in [0.717, 1.165) is 28.4 Å². The number of aromatic amines is 1. The molecule has 43 heavy (non-hydrogen) atoms. The molecular weight excluding hydrogens is 554 g/mol. The highest BCUT2D eigenvalue weighted by molar-refractivity contribution is 6.05. The van der Waals surface area contributed by atoms with Crippen LogP contribution in [0.4, 0.5) is 14.5 Å². The highest BCUT2D eigenvalue weighted by Gasteiger charge is 2.20. The van der Waals surface area contributed by atoms with Gasteiger partial charge in [-0.2, -0.15) is 10.2 Å². The third kappa shape index (κ3) is 5.16. The molecule has 0 unspecified atom stereocenters. The number of hydrogen-bond acceptors (Lipinski definition) is 5. The van der Waals surface area contributed by atoms with Gasteiger partial charge in [0.25, 0.3) is 11.5 Å². The van der Waals surface area contributed by atoms with Gasteiger partial charge in [-0.3, -0.25) is 23.9 Å². The van der Waals surface area contributed by atoms with E-state index in [2.05, 4.69) is 20.6 Å². The number of aryl methyl sites for hydroxylation is 4. The van der Waals surface area contributed by atoms with Crippen molar-refractivity contribution in [2.75, 3.05) is 5.32 Å². The second kappa shape index (κ2) is 10.7. The predicted molar refractivity (Wildman–Crippen MR) is 159 cm³/mol. The van der Waals surface area contributed by atoms with Gasteiger partial charge in [0.15, 0.2) is 11.6 Å². The van der Waals surface area contributed by atoms with Crippen molar-refractivity contribution in [2.24, 2.45) is 7.05 Å². The molecule has 0 aliphatic heterocycles. The Labute approximate surface area is 244 Å². The fourth-order valence-electron chi connectivity index (χ4n) is 5.17. The Kier molecular flexibility index (Phi) is 6.85. The Morgan fingerprint density at radius 3 is 2.42 bits per heavy atom. The summed E-state index contributed by atoms with van der Waals surface area (Å²) in [7, 11) is 1.81. The van der Waals surface area contributed by atoms with Crippen LogP contribution in [0.5, 0.6) is 11.5 Å². The molecule has 0 atom stereocenters. The number of benzene rings is 3. The van der Waals surface area contributed by atoms with Gasteiger partial charge < -0.3 is 10.1 Å². The standard InChI is InChI=1S/C32H26F2N6O3/c1-17-11-19(3)40(23-8-5-21(33)6-9-23)32(42)30(17)31(41)36-22-7-10-28(25(34)14-22)43-29-13-20-16-35-37-26(20)15-24(29)27-12-18(2)38-39(27)4/h5-16H,1-4H3,(H,35,37)(H,36,41). The first-order valence-corrected chi connectivity index (χ1v) is 13.3. The summed E-state index contributed by atoms with van der Waals surface area (Å²) in [6.45, 7) is 5.24. The number of hydrogen-bond donors (Lipinski definition) is 2. The third-order valence-electron chi connectivity index (χ3n) is 7.13. The maximum absolute atomic E-state index is 15.4. The van der Waals surface area contributed by atoms with E-state index in [1.807, 2.05) is 26.1 Å². The molecular formula is C32H26F2N6O3. The monoisotopic (exact) mass is 580 g/mol. The molecule has 6 rings (SSSR count). The molecule has 0 aliphatic carbocycles. The van der Waals surface area contributed by atoms with Crippen molar-refractivity contribution >= 4 is 22.5 Å². The fourth-order valence-corrected chi connectivity index (χ4v) is 5.17. The van der Waals surface area contributed by atoms with E-state index in [1.54, 1.807) is 36.9 Å². The number of nitrogens with one attached hydrogen (secondary N) is 2. The molecule has 9 nitrogen and oxygen atoms in total. The number of fused-ring (bicyclic) bond motifs is 1. The first-order chi connectivity index (χ1) is 20.6. The molecule has 2 N–H and O–H groups in total. The first-order valence-electron chi connectivity index (χ1n) is 13.3. The second-order valence-electron chi connectivity index (χ2n) is 10.3. The SMILES string of the molecule is Cc1cc(-c2cc3[nH]ncc3cc2Oc2ccc(NC(=O)c3c(C)cc(C)n(-c4ccc(F)cc4)c3=O)cc2F)n(C)n1. The number of pyridine rings is 1. The van der Waals surface area contributed by atoms with Crippen LogP contribution < -0.4 is 15.6 Å². The van der Waals surface area contributed by atoms with Crippen molar-refractivity contribution in [1.29, 1.82) is 0 Å². The van der Waals surface area contributed by atoms with Crippen molar-refractivity contribution in [3.05, 3.63) is 117 Å². The average molecular weight is 581 g/mol. The Bertz CT molecular complexity index is 2090. The fraction of sp³-hybridized carbons (Fsp3) is 0.125. The van der Waals surface area contributed by atoms with E-state index in [1.165, 1.54) is 41.0 Å². The van der Waals surface area contributed by atoms with Crippen molar-refractivity contribution < 1.29 is 18.3 Å². The normalized spacial score (nSPS) is 11.2. The van der Waals surface area contributed by atoms with Gasteiger partial charge in [-0.15, -0.1) is 0 Å². The summed E-state index contributed by atoms with van der Waals surface area (Å²) >= 11 is 0. The largest absolute Gasteiger partial charge is 0.454 e. The summed E-state index contributed by atoms with van der Waals surface area (Å²) in [6, 6.07) is 16.6. The number of H-pyrrole nitrogens is 1. The van der Waals surface area contributed by atoms with Gasteiger partial charge in [-0.05, 0) is 87.0 Å². The minimum absolute atomic E-state index is 0.0637. The molecule has 3 aromatic carbocycles. The number of aromatic nitrogens is 5. The number of carbonyl (C=O) groups is 1. The van der Waals surface area contributed by atoms with Crippen LogP contribution in [0.15, 0.2) is 77.7 Å². The van der Waals surface area contributed by atoms with Crippen LogP contribution in [0, 0.1) is 32.4 Å². The van der Waals surface area contributed by atoms with Gasteiger partial charge in [0.2, 0.25) is 0 Å². The number of anilines is 1. The number of halogens is 2. The maximum Gasteiger partial charge on any atom is 0.268 e. The van der Waals surface area contributed by atoms with Gasteiger partial charge in [0.05, 0.1) is 23.1 Å². The smallest absolute Gasteiger partial charge is 0.268 e. The molecule has 0 fully saturated rings. The summed E-state index contributed by atoms with van der Waals surface area (Å²) in [5.41, 5.74) is 3.94. The van der Waals surface area contributed by atoms with Crippen molar-refractivity contribution in [3.8, 4) is 28.4 Å². The molecule has 0 spiro atoms. The highest BCUT2D eigenvalue weighted by Crippen LogP contribution is 2.37. The second-order valence-corrected chi connectivity index (χ2v) is 10.3. The molecule has 0 saturated heterocycles. The van der Waals surface area contributed by atoms with Crippen molar-refractivity contribution in [2.45, 2.75) is 20.8 Å². The molecule has 1 amide bonds. The Morgan fingerprint density at radius 2 is 1.72 bits per heavy atom. The molecule has 216 valence electrons. The van der Waals surface area contributed by atoms with Gasteiger partial charge in [-0.25, -0.2) is 8.78 Å². The zero-order valence-corrected chi connectivity index (χ0v) is 23.7. The lowest BCUT2D eigenvalue weighted by Crippen LogP contribution is -2.31. The van der Waals surface area contributed by atoms with E-state index in [-0.39, 0.29) is 17.0 Å². The minimum atomic E-state index is -0.721. The van der Waals surface area contributed by atoms with Gasteiger partial charge >= 0.3 is 0 Å². The molecule has 0 aliphatic rings. The molecule has 0 bridgehead atoms. The zero-order valence-electron chi connectivity index (χ0n) is 23.7. The maximum atomic E-state index is 15.4. The Balaban J connectivity index is 1.30. The van der Waals surface area contributed by atoms with Crippen LogP contribution in [-0.4, -0.2) is 30.5 Å². The summed E-state index contributed by atoms with van der Waals surface area (Å²) in [4.78, 5) is 26.7. The van der Waals surface area contributed by atoms with Crippen molar-refractivity contribution in [3.63, 3.8) is 0 Å². The van der Waals surface area contributed by atoms with Crippen molar-refractivity contribution in [1.82, 2.24) is 24.5 Å². The van der Waals surface area contributed by atoms with Gasteiger partial charge in [0, 0.05) is 41.1 Å². The van der Waals surface area contributed by atoms with Crippen LogP contribution in [-0.2, 0) is 7.05 Å². The highest BCUT2D eigenvalue weighted by atomic mass is 19.1. The summed E-state index contributed by atoms with van der Waals surface area (Å²) in [5, 5.41) is 14.8. The lowest BCUT2D eigenvalue weighted by atomic mass is 10.1. The molecule has 3 aromatic heterocycles. The topological polar surface area (TPSA) is 107 Å². The quantitative estimate of drug-likeness (QED) is 0.238. The van der Waals surface area contributed by atoms with Crippen LogP contribution >= 0.6 is 0 Å². The lowest BCUT2D eigenvalue weighted by Gasteiger charge is -2.15. The van der Waals surface area contributed by atoms with E-state index < -0.39 is 23.1 Å². The number of amides is 1. The Hall–Kier alpha value is -5.58. The summed E-state index contributed by atoms with van der Waals surface area (Å²) in [6.07, 6.45) is 1.65. The zero-order chi connectivity index (χ0) is 30.4. The van der Waals surface area contributed by atoms with Crippen LogP contribution in [0.3, 0.4) is 0 Å². The minimum Gasteiger partial charge on any atom is -0.454 e. The van der Waals surface area contributed by atoms with Gasteiger partial charge in [-0.1, -0.05) is 0 Å². The third-order valence-corrected chi connectivity index (χ3v) is 7.13. The number of carbonyl (C=O) groups excluding carboxylic acids is 1. The molecule has 6 aromatic rings. The van der Waals surface area contributed by atoms with E-state index in [4.69, 9.17) is 4.74 Å². The summed E-state index contributed by atoms with van der Waals surface area (Å²) < 4.78 is 37.9. The lowest BCUT2D eigenvalue weighted by molar-refractivity contribution is 0.102. The first kappa shape index (κ1) is 27.6. The molecule has 0 saturated carbocycles. The average Bonchev–Trinajstić information content (AvgIpc) is 3.55. The van der Waals surface area contributed by atoms with Crippen LogP contribution in [0.2, 0.25) is 0 Å². The molecule has 11 heteroatoms. The van der Waals surface area contributed by atoms with E-state index >= 15 is 4.39 Å². The van der Waals surface area contributed by atoms with E-state index in [0.29, 0.717) is 28.3 Å². The molecule has 3 heterocycles. The number of nitrogens with zero attached hydrogens (tertiary/aromatic N) is 4. The van der Waals surface area contributed by atoms with Crippen LogP contribution in [0.1, 0.15) is 27.3 Å².